The molecule has 2 fully saturated rings. The molecule has 5 heteroatoms. The second-order valence-electron chi connectivity index (χ2n) is 7.59. The number of benzene rings is 1. The summed E-state index contributed by atoms with van der Waals surface area (Å²) >= 11 is 0. The number of aliphatic hydroxyl groups excluding tert-OH is 1. The van der Waals surface area contributed by atoms with Gasteiger partial charge in [0.25, 0.3) is 5.91 Å². The lowest BCUT2D eigenvalue weighted by atomic mass is 10.1. The molecule has 0 saturated heterocycles. The number of aliphatic hydroxyl groups is 1. The van der Waals surface area contributed by atoms with Crippen LogP contribution in [0.4, 0.5) is 0 Å². The van der Waals surface area contributed by atoms with Gasteiger partial charge in [-0.1, -0.05) is 12.1 Å². The van der Waals surface area contributed by atoms with Crippen molar-refractivity contribution >= 4 is 5.91 Å². The number of hydrogen-bond acceptors (Lipinski definition) is 3. The summed E-state index contributed by atoms with van der Waals surface area (Å²) in [7, 11) is 0. The maximum absolute atomic E-state index is 12.5. The minimum Gasteiger partial charge on any atom is -0.391 e. The minimum atomic E-state index is -0.480. The van der Waals surface area contributed by atoms with Gasteiger partial charge in [-0.05, 0) is 61.6 Å². The first-order chi connectivity index (χ1) is 12.2. The molecule has 1 heterocycles. The molecule has 1 unspecified atom stereocenters. The summed E-state index contributed by atoms with van der Waals surface area (Å²) in [6.45, 7) is 0.833. The lowest BCUT2D eigenvalue weighted by molar-refractivity contribution is 0.0873. The van der Waals surface area contributed by atoms with Crippen molar-refractivity contribution in [1.29, 1.82) is 0 Å². The van der Waals surface area contributed by atoms with Gasteiger partial charge < -0.3 is 15.0 Å². The lowest BCUT2D eigenvalue weighted by Gasteiger charge is -2.16. The van der Waals surface area contributed by atoms with Crippen LogP contribution in [0.2, 0.25) is 0 Å². The van der Waals surface area contributed by atoms with Crippen LogP contribution in [0, 0.1) is 11.8 Å². The van der Waals surface area contributed by atoms with E-state index in [1.165, 1.54) is 18.4 Å². The highest BCUT2D eigenvalue weighted by Gasteiger charge is 2.34. The van der Waals surface area contributed by atoms with Crippen LogP contribution < -0.4 is 5.32 Å². The third kappa shape index (κ3) is 4.10. The molecule has 3 atom stereocenters. The van der Waals surface area contributed by atoms with Crippen LogP contribution in [-0.4, -0.2) is 32.7 Å². The van der Waals surface area contributed by atoms with Gasteiger partial charge in [0.2, 0.25) is 0 Å². The molecule has 2 aromatic rings. The molecule has 2 aliphatic rings. The van der Waals surface area contributed by atoms with Gasteiger partial charge in [0.05, 0.1) is 18.5 Å². The molecule has 1 aromatic carbocycles. The number of carbonyl (C=O) groups excluding carboxylic acids is 1. The first kappa shape index (κ1) is 16.3. The summed E-state index contributed by atoms with van der Waals surface area (Å²) in [5.41, 5.74) is 1.98. The molecule has 0 radical (unpaired) electrons. The number of carbonyl (C=O) groups is 1. The van der Waals surface area contributed by atoms with Gasteiger partial charge in [-0.3, -0.25) is 4.79 Å². The Labute approximate surface area is 148 Å². The predicted octanol–water partition coefficient (Wildman–Crippen LogP) is 2.41. The third-order valence-corrected chi connectivity index (χ3v) is 5.41. The molecular formula is C20H25N3O2. The number of nitrogens with zero attached hydrogens (tertiary/aromatic N) is 2. The van der Waals surface area contributed by atoms with E-state index in [1.807, 2.05) is 22.9 Å². The zero-order valence-corrected chi connectivity index (χ0v) is 14.3. The largest absolute Gasteiger partial charge is 0.391 e. The molecule has 2 saturated carbocycles. The second-order valence-corrected chi connectivity index (χ2v) is 7.59. The maximum atomic E-state index is 12.5. The van der Waals surface area contributed by atoms with Crippen molar-refractivity contribution in [3.05, 3.63) is 54.1 Å². The molecule has 2 N–H and O–H groups in total. The monoisotopic (exact) mass is 339 g/mol. The molecule has 132 valence electrons. The molecule has 25 heavy (non-hydrogen) atoms. The van der Waals surface area contributed by atoms with E-state index in [1.54, 1.807) is 12.5 Å². The van der Waals surface area contributed by atoms with Crippen molar-refractivity contribution in [2.75, 3.05) is 0 Å². The number of hydrogen-bond donors (Lipinski definition) is 2. The minimum absolute atomic E-state index is 0.0923. The van der Waals surface area contributed by atoms with E-state index in [0.29, 0.717) is 17.9 Å². The lowest BCUT2D eigenvalue weighted by Crippen LogP contribution is -2.39. The van der Waals surface area contributed by atoms with Crippen LogP contribution in [0.3, 0.4) is 0 Å². The Morgan fingerprint density at radius 2 is 2.00 bits per heavy atom. The van der Waals surface area contributed by atoms with Crippen LogP contribution >= 0.6 is 0 Å². The van der Waals surface area contributed by atoms with Crippen LogP contribution in [0.15, 0.2) is 43.0 Å². The molecule has 0 aliphatic heterocycles. The van der Waals surface area contributed by atoms with Crippen molar-refractivity contribution in [2.24, 2.45) is 11.8 Å². The number of imidazole rings is 1. The molecule has 4 rings (SSSR count). The van der Waals surface area contributed by atoms with E-state index < -0.39 is 6.10 Å². The zero-order chi connectivity index (χ0) is 17.2. The highest BCUT2D eigenvalue weighted by Crippen LogP contribution is 2.32. The van der Waals surface area contributed by atoms with Crippen LogP contribution in [0.1, 0.15) is 41.6 Å². The Morgan fingerprint density at radius 1 is 1.20 bits per heavy atom. The van der Waals surface area contributed by atoms with Crippen molar-refractivity contribution in [2.45, 2.75) is 50.8 Å². The summed E-state index contributed by atoms with van der Waals surface area (Å²) in [6.07, 6.45) is 10.3. The fourth-order valence-corrected chi connectivity index (χ4v) is 3.81. The second kappa shape index (κ2) is 7.00. The van der Waals surface area contributed by atoms with Gasteiger partial charge >= 0.3 is 0 Å². The van der Waals surface area contributed by atoms with Crippen molar-refractivity contribution in [3.63, 3.8) is 0 Å². The average molecular weight is 339 g/mol. The smallest absolute Gasteiger partial charge is 0.251 e. The standard InChI is InChI=1S/C20H25N3O2/c24-19-11-16(12-23-8-7-21-13-23)10-18(19)22-20(25)17-5-3-15(4-6-17)9-14-1-2-14/h3-8,13-14,16,18-19,24H,1-2,9-12H2,(H,22,25)/t16?,18-,19-/m1/s1. The first-order valence-electron chi connectivity index (χ1n) is 9.21. The first-order valence-corrected chi connectivity index (χ1v) is 9.21. The third-order valence-electron chi connectivity index (χ3n) is 5.41. The van der Waals surface area contributed by atoms with E-state index in [9.17, 15) is 9.90 Å². The number of amides is 1. The summed E-state index contributed by atoms with van der Waals surface area (Å²) in [6, 6.07) is 7.74. The van der Waals surface area contributed by atoms with Crippen LogP contribution in [-0.2, 0) is 13.0 Å². The topological polar surface area (TPSA) is 67.2 Å². The van der Waals surface area contributed by atoms with E-state index in [2.05, 4.69) is 22.4 Å². The number of aromatic nitrogens is 2. The molecule has 5 nitrogen and oxygen atoms in total. The van der Waals surface area contributed by atoms with Gasteiger partial charge in [0.1, 0.15) is 0 Å². The van der Waals surface area contributed by atoms with Crippen LogP contribution in [0.5, 0.6) is 0 Å². The Morgan fingerprint density at radius 3 is 2.68 bits per heavy atom. The van der Waals surface area contributed by atoms with Crippen molar-refractivity contribution in [3.8, 4) is 0 Å². The fourth-order valence-electron chi connectivity index (χ4n) is 3.81. The molecule has 0 bridgehead atoms. The Balaban J connectivity index is 1.32. The van der Waals surface area contributed by atoms with Gasteiger partial charge in [-0.2, -0.15) is 0 Å². The Bertz CT molecular complexity index is 707. The predicted molar refractivity (Wildman–Crippen MR) is 95.1 cm³/mol. The molecule has 1 amide bonds. The van der Waals surface area contributed by atoms with E-state index in [4.69, 9.17) is 0 Å². The highest BCUT2D eigenvalue weighted by atomic mass is 16.3. The fraction of sp³-hybridized carbons (Fsp3) is 0.500. The molecule has 0 spiro atoms. The summed E-state index contributed by atoms with van der Waals surface area (Å²) in [5.74, 6) is 1.11. The molecule has 1 aromatic heterocycles. The van der Waals surface area contributed by atoms with Gasteiger partial charge in [-0.15, -0.1) is 0 Å². The van der Waals surface area contributed by atoms with Crippen LogP contribution in [0.25, 0.3) is 0 Å². The van der Waals surface area contributed by atoms with Gasteiger partial charge in [-0.25, -0.2) is 4.98 Å². The summed E-state index contributed by atoms with van der Waals surface area (Å²) < 4.78 is 2.03. The summed E-state index contributed by atoms with van der Waals surface area (Å²) in [4.78, 5) is 16.5. The highest BCUT2D eigenvalue weighted by molar-refractivity contribution is 5.94. The normalized spacial score (nSPS) is 25.9. The van der Waals surface area contributed by atoms with Crippen molar-refractivity contribution in [1.82, 2.24) is 14.9 Å². The summed E-state index contributed by atoms with van der Waals surface area (Å²) in [5, 5.41) is 13.3. The van der Waals surface area contributed by atoms with E-state index >= 15 is 0 Å². The van der Waals surface area contributed by atoms with Gasteiger partial charge in [0, 0.05) is 24.5 Å². The number of nitrogens with one attached hydrogen (secondary N) is 1. The zero-order valence-electron chi connectivity index (χ0n) is 14.3. The van der Waals surface area contributed by atoms with E-state index in [0.717, 1.165) is 25.3 Å². The average Bonchev–Trinajstić information content (AvgIpc) is 3.14. The van der Waals surface area contributed by atoms with Crippen molar-refractivity contribution < 1.29 is 9.90 Å². The molecule has 2 aliphatic carbocycles. The Kier molecular flexibility index (Phi) is 4.57. The molecular weight excluding hydrogens is 314 g/mol. The van der Waals surface area contributed by atoms with E-state index in [-0.39, 0.29) is 11.9 Å². The quantitative estimate of drug-likeness (QED) is 0.849. The maximum Gasteiger partial charge on any atom is 0.251 e. The SMILES string of the molecule is O=C(N[C@@H]1CC(Cn2ccnc2)C[C@H]1O)c1ccc(CC2CC2)cc1. The Hall–Kier alpha value is -2.14. The van der Waals surface area contributed by atoms with Gasteiger partial charge in [0.15, 0.2) is 0 Å². The number of rotatable bonds is 6.